The van der Waals surface area contributed by atoms with Gasteiger partial charge in [0.15, 0.2) is 0 Å². The molecule has 0 aromatic rings. The molecule has 2 rings (SSSR count). The average Bonchev–Trinajstić information content (AvgIpc) is 2.48. The maximum Gasteiger partial charge on any atom is 0.293 e. The second kappa shape index (κ2) is 4.21. The molecule has 1 saturated carbocycles. The molecular weight excluding hydrogens is 188 g/mol. The Hall–Kier alpha value is -1.05. The predicted octanol–water partition coefficient (Wildman–Crippen LogP) is 2.99. The molecule has 0 aliphatic heterocycles. The van der Waals surface area contributed by atoms with Gasteiger partial charge in [-0.05, 0) is 32.6 Å². The van der Waals surface area contributed by atoms with Gasteiger partial charge in [0.2, 0.25) is 0 Å². The quantitative estimate of drug-likeness (QED) is 0.513. The number of hydrogen-bond acceptors (Lipinski definition) is 2. The van der Waals surface area contributed by atoms with Gasteiger partial charge >= 0.3 is 0 Å². The number of ether oxygens (including phenoxy) is 1. The Labute approximate surface area is 91.0 Å². The monoisotopic (exact) mass is 206 g/mol. The standard InChI is InChI=1S/C13H18O2/c1-9-3-5-13-10(2)7-11(15-8-14)4-6-12(9)13/h8,11,13H,2-7H2,1H3. The van der Waals surface area contributed by atoms with Gasteiger partial charge in [0.1, 0.15) is 6.10 Å². The molecule has 0 N–H and O–H groups in total. The van der Waals surface area contributed by atoms with Crippen molar-refractivity contribution in [1.29, 1.82) is 0 Å². The molecule has 0 radical (unpaired) electrons. The molecular formula is C13H18O2. The first-order valence-corrected chi connectivity index (χ1v) is 5.67. The van der Waals surface area contributed by atoms with Crippen LogP contribution in [0.1, 0.15) is 39.0 Å². The normalized spacial score (nSPS) is 31.1. The molecule has 82 valence electrons. The molecule has 0 aromatic carbocycles. The zero-order chi connectivity index (χ0) is 10.8. The van der Waals surface area contributed by atoms with Crippen LogP contribution >= 0.6 is 0 Å². The second-order valence-corrected chi connectivity index (χ2v) is 4.65. The van der Waals surface area contributed by atoms with E-state index in [4.69, 9.17) is 4.74 Å². The summed E-state index contributed by atoms with van der Waals surface area (Å²) in [6, 6.07) is 0. The summed E-state index contributed by atoms with van der Waals surface area (Å²) >= 11 is 0. The van der Waals surface area contributed by atoms with Gasteiger partial charge in [0.25, 0.3) is 6.47 Å². The zero-order valence-corrected chi connectivity index (χ0v) is 9.29. The fraction of sp³-hybridized carbons (Fsp3) is 0.615. The van der Waals surface area contributed by atoms with Crippen molar-refractivity contribution < 1.29 is 9.53 Å². The van der Waals surface area contributed by atoms with Crippen molar-refractivity contribution in [3.8, 4) is 0 Å². The number of fused-ring (bicyclic) bond motifs is 1. The van der Waals surface area contributed by atoms with Crippen molar-refractivity contribution in [3.05, 3.63) is 23.3 Å². The van der Waals surface area contributed by atoms with Crippen LogP contribution in [0.15, 0.2) is 23.3 Å². The van der Waals surface area contributed by atoms with E-state index in [1.807, 2.05) is 0 Å². The third kappa shape index (κ3) is 1.99. The van der Waals surface area contributed by atoms with Crippen molar-refractivity contribution in [3.63, 3.8) is 0 Å². The van der Waals surface area contributed by atoms with E-state index in [0.717, 1.165) is 19.3 Å². The number of allylic oxidation sites excluding steroid dienone is 2. The molecule has 2 unspecified atom stereocenters. The molecule has 2 nitrogen and oxygen atoms in total. The highest BCUT2D eigenvalue weighted by Crippen LogP contribution is 2.43. The van der Waals surface area contributed by atoms with Crippen LogP contribution in [0.3, 0.4) is 0 Å². The molecule has 2 atom stereocenters. The Morgan fingerprint density at radius 2 is 2.20 bits per heavy atom. The summed E-state index contributed by atoms with van der Waals surface area (Å²) in [4.78, 5) is 10.3. The molecule has 0 amide bonds. The van der Waals surface area contributed by atoms with Gasteiger partial charge < -0.3 is 4.74 Å². The van der Waals surface area contributed by atoms with E-state index < -0.39 is 0 Å². The summed E-state index contributed by atoms with van der Waals surface area (Å²) in [6.45, 7) is 6.95. The van der Waals surface area contributed by atoms with Crippen LogP contribution in [0, 0.1) is 5.92 Å². The van der Waals surface area contributed by atoms with Crippen LogP contribution in [0.25, 0.3) is 0 Å². The summed E-state index contributed by atoms with van der Waals surface area (Å²) in [5.74, 6) is 0.574. The van der Waals surface area contributed by atoms with Crippen LogP contribution in [-0.4, -0.2) is 12.6 Å². The predicted molar refractivity (Wildman–Crippen MR) is 59.4 cm³/mol. The minimum atomic E-state index is 0.0564. The van der Waals surface area contributed by atoms with E-state index in [1.54, 1.807) is 5.57 Å². The Morgan fingerprint density at radius 1 is 1.40 bits per heavy atom. The van der Waals surface area contributed by atoms with Gasteiger partial charge in [-0.3, -0.25) is 4.79 Å². The highest BCUT2D eigenvalue weighted by Gasteiger charge is 2.30. The van der Waals surface area contributed by atoms with Crippen molar-refractivity contribution >= 4 is 6.47 Å². The number of carbonyl (C=O) groups is 1. The van der Waals surface area contributed by atoms with Crippen molar-refractivity contribution in [1.82, 2.24) is 0 Å². The molecule has 1 fully saturated rings. The smallest absolute Gasteiger partial charge is 0.293 e. The Bertz CT molecular complexity index is 314. The summed E-state index contributed by atoms with van der Waals surface area (Å²) in [5.41, 5.74) is 4.36. The van der Waals surface area contributed by atoms with Gasteiger partial charge in [0.05, 0.1) is 0 Å². The third-order valence-electron chi connectivity index (χ3n) is 3.74. The van der Waals surface area contributed by atoms with Crippen LogP contribution in [0.4, 0.5) is 0 Å². The lowest BCUT2D eigenvalue weighted by Gasteiger charge is -2.15. The molecule has 0 aromatic heterocycles. The lowest BCUT2D eigenvalue weighted by molar-refractivity contribution is -0.133. The lowest BCUT2D eigenvalue weighted by atomic mass is 9.92. The van der Waals surface area contributed by atoms with Gasteiger partial charge in [-0.2, -0.15) is 0 Å². The van der Waals surface area contributed by atoms with Crippen molar-refractivity contribution in [2.75, 3.05) is 0 Å². The van der Waals surface area contributed by atoms with Crippen LogP contribution < -0.4 is 0 Å². The number of carbonyl (C=O) groups excluding carboxylic acids is 1. The first kappa shape index (κ1) is 10.5. The maximum atomic E-state index is 10.3. The minimum Gasteiger partial charge on any atom is -0.464 e. The third-order valence-corrected chi connectivity index (χ3v) is 3.74. The van der Waals surface area contributed by atoms with E-state index in [-0.39, 0.29) is 6.10 Å². The molecule has 0 bridgehead atoms. The Morgan fingerprint density at radius 3 is 2.93 bits per heavy atom. The van der Waals surface area contributed by atoms with E-state index in [9.17, 15) is 4.79 Å². The van der Waals surface area contributed by atoms with E-state index in [1.165, 1.54) is 24.0 Å². The van der Waals surface area contributed by atoms with E-state index in [0.29, 0.717) is 12.4 Å². The van der Waals surface area contributed by atoms with Gasteiger partial charge in [-0.25, -0.2) is 0 Å². The van der Waals surface area contributed by atoms with Crippen molar-refractivity contribution in [2.45, 2.75) is 45.1 Å². The Balaban J connectivity index is 2.14. The Kier molecular flexibility index (Phi) is 2.94. The van der Waals surface area contributed by atoms with Crippen LogP contribution in [-0.2, 0) is 9.53 Å². The fourth-order valence-corrected chi connectivity index (χ4v) is 2.88. The maximum absolute atomic E-state index is 10.3. The van der Waals surface area contributed by atoms with Gasteiger partial charge in [-0.1, -0.05) is 23.3 Å². The molecule has 0 saturated heterocycles. The summed E-state index contributed by atoms with van der Waals surface area (Å²) in [7, 11) is 0. The summed E-state index contributed by atoms with van der Waals surface area (Å²) < 4.78 is 5.07. The number of hydrogen-bond donors (Lipinski definition) is 0. The average molecular weight is 206 g/mol. The summed E-state index contributed by atoms with van der Waals surface area (Å²) in [5, 5.41) is 0. The SMILES string of the molecule is C=C1CC(OC=O)CCC2=C(C)CCC12. The zero-order valence-electron chi connectivity index (χ0n) is 9.29. The first-order valence-electron chi connectivity index (χ1n) is 5.67. The lowest BCUT2D eigenvalue weighted by Crippen LogP contribution is -2.11. The highest BCUT2D eigenvalue weighted by atomic mass is 16.5. The molecule has 2 heteroatoms. The molecule has 15 heavy (non-hydrogen) atoms. The fourth-order valence-electron chi connectivity index (χ4n) is 2.88. The number of rotatable bonds is 2. The van der Waals surface area contributed by atoms with Crippen LogP contribution in [0.5, 0.6) is 0 Å². The van der Waals surface area contributed by atoms with Gasteiger partial charge in [0, 0.05) is 12.3 Å². The largest absolute Gasteiger partial charge is 0.464 e. The molecule has 0 heterocycles. The molecule has 2 aliphatic carbocycles. The van der Waals surface area contributed by atoms with Crippen LogP contribution in [0.2, 0.25) is 0 Å². The summed E-state index contributed by atoms with van der Waals surface area (Å²) in [6.07, 6.45) is 5.38. The first-order chi connectivity index (χ1) is 7.22. The second-order valence-electron chi connectivity index (χ2n) is 4.65. The van der Waals surface area contributed by atoms with Crippen molar-refractivity contribution in [2.24, 2.45) is 5.92 Å². The topological polar surface area (TPSA) is 26.3 Å². The highest BCUT2D eigenvalue weighted by molar-refractivity contribution is 5.38. The molecule has 2 aliphatic rings. The minimum absolute atomic E-state index is 0.0564. The van der Waals surface area contributed by atoms with E-state index in [2.05, 4.69) is 13.5 Å². The molecule has 0 spiro atoms. The van der Waals surface area contributed by atoms with E-state index >= 15 is 0 Å². The van der Waals surface area contributed by atoms with Gasteiger partial charge in [-0.15, -0.1) is 0 Å².